The predicted octanol–water partition coefficient (Wildman–Crippen LogP) is 0.930. The molecule has 16 heavy (non-hydrogen) atoms. The van der Waals surface area contributed by atoms with E-state index >= 15 is 0 Å². The molecule has 1 rings (SSSR count). The number of carbonyl (C=O) groups excluding carboxylic acids is 2. The van der Waals surface area contributed by atoms with Crippen LogP contribution in [0.5, 0.6) is 0 Å². The molecule has 5 nitrogen and oxygen atoms in total. The number of carboxylic acid groups (broad SMARTS) is 1. The summed E-state index contributed by atoms with van der Waals surface area (Å²) >= 11 is 0. The van der Waals surface area contributed by atoms with Gasteiger partial charge in [0.05, 0.1) is 6.61 Å². The summed E-state index contributed by atoms with van der Waals surface area (Å²) in [6.07, 6.45) is 3.83. The zero-order valence-corrected chi connectivity index (χ0v) is 9.06. The van der Waals surface area contributed by atoms with Crippen molar-refractivity contribution < 1.29 is 24.2 Å². The lowest BCUT2D eigenvalue weighted by Crippen LogP contribution is -2.34. The Hall–Kier alpha value is -1.65. The molecule has 0 aromatic carbocycles. The first-order valence-corrected chi connectivity index (χ1v) is 5.20. The molecule has 0 fully saturated rings. The van der Waals surface area contributed by atoms with Crippen LogP contribution >= 0.6 is 0 Å². The number of Topliss-reactive ketones (excluding diaryl/α,β-unsaturated/α-hetero) is 1. The van der Waals surface area contributed by atoms with Crippen LogP contribution < -0.4 is 0 Å². The predicted molar refractivity (Wildman–Crippen MR) is 54.7 cm³/mol. The molecule has 0 aliphatic heterocycles. The van der Waals surface area contributed by atoms with E-state index in [9.17, 15) is 14.4 Å². The Labute approximate surface area is 93.1 Å². The molecule has 1 unspecified atom stereocenters. The maximum Gasteiger partial charge on any atom is 0.328 e. The van der Waals surface area contributed by atoms with Crippen molar-refractivity contribution >= 4 is 17.7 Å². The van der Waals surface area contributed by atoms with Gasteiger partial charge in [-0.05, 0) is 31.8 Å². The topological polar surface area (TPSA) is 80.7 Å². The van der Waals surface area contributed by atoms with Crippen LogP contribution in [0.2, 0.25) is 0 Å². The van der Waals surface area contributed by atoms with Gasteiger partial charge in [-0.3, -0.25) is 14.4 Å². The van der Waals surface area contributed by atoms with E-state index in [1.165, 1.54) is 0 Å². The highest BCUT2D eigenvalue weighted by atomic mass is 16.5. The Morgan fingerprint density at radius 3 is 2.62 bits per heavy atom. The first-order chi connectivity index (χ1) is 7.57. The van der Waals surface area contributed by atoms with Crippen LogP contribution in [0.25, 0.3) is 0 Å². The van der Waals surface area contributed by atoms with Crippen LogP contribution in [-0.4, -0.2) is 29.4 Å². The van der Waals surface area contributed by atoms with E-state index in [1.807, 2.05) is 0 Å². The third-order valence-corrected chi connectivity index (χ3v) is 2.39. The summed E-state index contributed by atoms with van der Waals surface area (Å²) < 4.78 is 4.58. The smallest absolute Gasteiger partial charge is 0.328 e. The zero-order valence-electron chi connectivity index (χ0n) is 9.06. The quantitative estimate of drug-likeness (QED) is 0.557. The van der Waals surface area contributed by atoms with Crippen molar-refractivity contribution in [1.29, 1.82) is 0 Å². The Kier molecular flexibility index (Phi) is 4.22. The summed E-state index contributed by atoms with van der Waals surface area (Å²) in [7, 11) is 0. The van der Waals surface area contributed by atoms with E-state index in [2.05, 4.69) is 4.74 Å². The number of hydrogen-bond acceptors (Lipinski definition) is 4. The highest BCUT2D eigenvalue weighted by Crippen LogP contribution is 2.22. The lowest BCUT2D eigenvalue weighted by Gasteiger charge is -2.10. The van der Waals surface area contributed by atoms with Crippen LogP contribution in [-0.2, 0) is 19.1 Å². The molecule has 5 heteroatoms. The van der Waals surface area contributed by atoms with Gasteiger partial charge in [-0.2, -0.15) is 0 Å². The van der Waals surface area contributed by atoms with Gasteiger partial charge in [0.1, 0.15) is 0 Å². The van der Waals surface area contributed by atoms with Crippen LogP contribution in [0, 0.1) is 5.92 Å². The number of ether oxygens (including phenoxy) is 1. The van der Waals surface area contributed by atoms with Gasteiger partial charge in [0, 0.05) is 0 Å². The van der Waals surface area contributed by atoms with Gasteiger partial charge in [0.2, 0.25) is 5.92 Å². The second-order valence-corrected chi connectivity index (χ2v) is 3.51. The van der Waals surface area contributed by atoms with Crippen molar-refractivity contribution in [2.75, 3.05) is 6.61 Å². The summed E-state index contributed by atoms with van der Waals surface area (Å²) in [6.45, 7) is 1.63. The summed E-state index contributed by atoms with van der Waals surface area (Å²) in [4.78, 5) is 34.0. The third kappa shape index (κ3) is 2.68. The van der Waals surface area contributed by atoms with E-state index in [4.69, 9.17) is 5.11 Å². The van der Waals surface area contributed by atoms with Gasteiger partial charge in [-0.25, -0.2) is 0 Å². The number of allylic oxidation sites excluding steroid dienone is 2. The van der Waals surface area contributed by atoms with Crippen molar-refractivity contribution in [3.05, 3.63) is 11.6 Å². The van der Waals surface area contributed by atoms with Crippen molar-refractivity contribution in [3.63, 3.8) is 0 Å². The molecule has 0 saturated carbocycles. The Morgan fingerprint density at radius 1 is 1.50 bits per heavy atom. The van der Waals surface area contributed by atoms with Crippen molar-refractivity contribution in [2.24, 2.45) is 5.92 Å². The van der Waals surface area contributed by atoms with E-state index in [0.29, 0.717) is 12.0 Å². The molecule has 0 radical (unpaired) electrons. The minimum absolute atomic E-state index is 0.0644. The average molecular weight is 226 g/mol. The van der Waals surface area contributed by atoms with Crippen molar-refractivity contribution in [1.82, 2.24) is 0 Å². The SMILES string of the molecule is CCOC(=O)C(C(=O)O)C(=O)C1=CCCC1. The fraction of sp³-hybridized carbons (Fsp3) is 0.545. The number of carboxylic acids is 1. The number of carbonyl (C=O) groups is 3. The van der Waals surface area contributed by atoms with E-state index in [1.54, 1.807) is 13.0 Å². The molecule has 0 amide bonds. The fourth-order valence-electron chi connectivity index (χ4n) is 1.63. The van der Waals surface area contributed by atoms with Gasteiger partial charge >= 0.3 is 11.9 Å². The summed E-state index contributed by atoms with van der Waals surface area (Å²) in [5, 5.41) is 8.85. The number of hydrogen-bond donors (Lipinski definition) is 1. The lowest BCUT2D eigenvalue weighted by atomic mass is 9.97. The monoisotopic (exact) mass is 226 g/mol. The molecular formula is C11H14O5. The molecule has 1 N–H and O–H groups in total. The highest BCUT2D eigenvalue weighted by molar-refractivity contribution is 6.20. The summed E-state index contributed by atoms with van der Waals surface area (Å²) in [5.74, 6) is -4.77. The van der Waals surface area contributed by atoms with Crippen molar-refractivity contribution in [3.8, 4) is 0 Å². The molecule has 0 aromatic heterocycles. The van der Waals surface area contributed by atoms with Gasteiger partial charge < -0.3 is 9.84 Å². The number of rotatable bonds is 5. The molecular weight excluding hydrogens is 212 g/mol. The minimum atomic E-state index is -1.70. The Bertz CT molecular complexity index is 342. The number of aliphatic carboxylic acids is 1. The van der Waals surface area contributed by atoms with Crippen LogP contribution in [0.4, 0.5) is 0 Å². The standard InChI is InChI=1S/C11H14O5/c1-2-16-11(15)8(10(13)14)9(12)7-5-3-4-6-7/h5,8H,2-4,6H2,1H3,(H,13,14). The average Bonchev–Trinajstić information content (AvgIpc) is 2.70. The van der Waals surface area contributed by atoms with Gasteiger partial charge in [-0.1, -0.05) is 6.08 Å². The summed E-state index contributed by atoms with van der Waals surface area (Å²) in [6, 6.07) is 0. The first-order valence-electron chi connectivity index (χ1n) is 5.20. The highest BCUT2D eigenvalue weighted by Gasteiger charge is 2.37. The minimum Gasteiger partial charge on any atom is -0.480 e. The van der Waals surface area contributed by atoms with Crippen LogP contribution in [0.15, 0.2) is 11.6 Å². The molecule has 0 aromatic rings. The van der Waals surface area contributed by atoms with Gasteiger partial charge in [0.25, 0.3) is 0 Å². The number of esters is 1. The molecule has 1 aliphatic carbocycles. The second kappa shape index (κ2) is 5.44. The Balaban J connectivity index is 2.81. The maximum atomic E-state index is 11.8. The second-order valence-electron chi connectivity index (χ2n) is 3.51. The summed E-state index contributed by atoms with van der Waals surface area (Å²) in [5.41, 5.74) is 0.431. The van der Waals surface area contributed by atoms with Crippen LogP contribution in [0.3, 0.4) is 0 Å². The van der Waals surface area contributed by atoms with Crippen molar-refractivity contribution in [2.45, 2.75) is 26.2 Å². The Morgan fingerprint density at radius 2 is 2.19 bits per heavy atom. The maximum absolute atomic E-state index is 11.8. The van der Waals surface area contributed by atoms with E-state index in [0.717, 1.165) is 12.8 Å². The third-order valence-electron chi connectivity index (χ3n) is 2.39. The zero-order chi connectivity index (χ0) is 12.1. The molecule has 0 bridgehead atoms. The fourth-order valence-corrected chi connectivity index (χ4v) is 1.63. The normalized spacial score (nSPS) is 16.4. The number of ketones is 1. The molecule has 1 aliphatic rings. The lowest BCUT2D eigenvalue weighted by molar-refractivity contribution is -0.160. The molecule has 1 atom stereocenters. The molecule has 0 saturated heterocycles. The van der Waals surface area contributed by atoms with E-state index < -0.39 is 23.6 Å². The molecule has 88 valence electrons. The van der Waals surface area contributed by atoms with Gasteiger partial charge in [-0.15, -0.1) is 0 Å². The van der Waals surface area contributed by atoms with Gasteiger partial charge in [0.15, 0.2) is 5.78 Å². The molecule has 0 spiro atoms. The van der Waals surface area contributed by atoms with Crippen LogP contribution in [0.1, 0.15) is 26.2 Å². The van der Waals surface area contributed by atoms with E-state index in [-0.39, 0.29) is 6.61 Å². The first kappa shape index (κ1) is 12.4. The molecule has 0 heterocycles. The largest absolute Gasteiger partial charge is 0.480 e.